The van der Waals surface area contributed by atoms with Crippen molar-refractivity contribution in [3.05, 3.63) is 12.2 Å². The molecule has 1 aliphatic heterocycles. The Kier molecular flexibility index (Phi) is 3.10. The van der Waals surface area contributed by atoms with Crippen molar-refractivity contribution in [2.75, 3.05) is 13.2 Å². The molecule has 2 N–H and O–H groups in total. The highest BCUT2D eigenvalue weighted by Crippen LogP contribution is 2.25. The Morgan fingerprint density at radius 3 is 3.00 bits per heavy atom. The summed E-state index contributed by atoms with van der Waals surface area (Å²) in [7, 11) is 0. The maximum Gasteiger partial charge on any atom is 0.153 e. The summed E-state index contributed by atoms with van der Waals surface area (Å²) in [5.74, 6) is 1.11. The largest absolute Gasteiger partial charge is 0.385 e. The Balaban J connectivity index is 1.84. The lowest BCUT2D eigenvalue weighted by atomic mass is 9.93. The summed E-state index contributed by atoms with van der Waals surface area (Å²) < 4.78 is 5.25. The Hall–Kier alpha value is -0.940. The molecular weight excluding hydrogens is 182 g/mol. The number of H-pyrrole nitrogens is 1. The summed E-state index contributed by atoms with van der Waals surface area (Å²) in [6, 6.07) is 0. The number of nitrogens with zero attached hydrogens (tertiary/aromatic N) is 2. The van der Waals surface area contributed by atoms with Crippen LogP contribution < -0.4 is 0 Å². The van der Waals surface area contributed by atoms with Gasteiger partial charge in [-0.2, -0.15) is 5.10 Å². The van der Waals surface area contributed by atoms with Gasteiger partial charge in [-0.1, -0.05) is 0 Å². The summed E-state index contributed by atoms with van der Waals surface area (Å²) in [6.45, 7) is 1.63. The van der Waals surface area contributed by atoms with E-state index in [1.54, 1.807) is 0 Å². The van der Waals surface area contributed by atoms with Crippen molar-refractivity contribution < 1.29 is 9.84 Å². The van der Waals surface area contributed by atoms with Crippen molar-refractivity contribution in [2.45, 2.75) is 25.4 Å². The fourth-order valence-corrected chi connectivity index (χ4v) is 1.78. The topological polar surface area (TPSA) is 71.0 Å². The lowest BCUT2D eigenvalue weighted by Gasteiger charge is -2.23. The van der Waals surface area contributed by atoms with Gasteiger partial charge >= 0.3 is 0 Å². The minimum absolute atomic E-state index is 0.513. The summed E-state index contributed by atoms with van der Waals surface area (Å²) in [5.41, 5.74) is 0. The van der Waals surface area contributed by atoms with Gasteiger partial charge in [-0.25, -0.2) is 4.98 Å². The summed E-state index contributed by atoms with van der Waals surface area (Å²) in [4.78, 5) is 3.93. The third kappa shape index (κ3) is 2.30. The number of aromatic amines is 1. The number of nitrogens with one attached hydrogen (secondary N) is 1. The minimum Gasteiger partial charge on any atom is -0.385 e. The fraction of sp³-hybridized carbons (Fsp3) is 0.778. The molecule has 5 heteroatoms. The molecule has 14 heavy (non-hydrogen) atoms. The van der Waals surface area contributed by atoms with Crippen LogP contribution in [0, 0.1) is 5.92 Å². The Bertz CT molecular complexity index is 257. The van der Waals surface area contributed by atoms with Crippen LogP contribution in [0.4, 0.5) is 0 Å². The minimum atomic E-state index is -0.513. The molecule has 1 unspecified atom stereocenters. The first-order chi connectivity index (χ1) is 6.86. The first kappa shape index (κ1) is 9.61. The van der Waals surface area contributed by atoms with Gasteiger partial charge in [-0.05, 0) is 25.2 Å². The van der Waals surface area contributed by atoms with Crippen LogP contribution in [0.5, 0.6) is 0 Å². The predicted molar refractivity (Wildman–Crippen MR) is 49.5 cm³/mol. The van der Waals surface area contributed by atoms with Gasteiger partial charge in [0.25, 0.3) is 0 Å². The van der Waals surface area contributed by atoms with Crippen LogP contribution >= 0.6 is 0 Å². The Morgan fingerprint density at radius 1 is 1.57 bits per heavy atom. The normalized spacial score (nSPS) is 20.9. The second-order valence-corrected chi connectivity index (χ2v) is 3.68. The van der Waals surface area contributed by atoms with E-state index in [1.807, 2.05) is 0 Å². The number of hydrogen-bond acceptors (Lipinski definition) is 4. The molecule has 1 aromatic heterocycles. The molecule has 0 spiro atoms. The molecule has 1 aromatic rings. The number of aliphatic hydroxyl groups excluding tert-OH is 1. The van der Waals surface area contributed by atoms with Crippen LogP contribution in [-0.2, 0) is 4.74 Å². The number of aliphatic hydroxyl groups is 1. The first-order valence-corrected chi connectivity index (χ1v) is 4.97. The van der Waals surface area contributed by atoms with Gasteiger partial charge in [-0.3, -0.25) is 5.10 Å². The van der Waals surface area contributed by atoms with Crippen molar-refractivity contribution >= 4 is 0 Å². The molecular formula is C9H15N3O2. The average molecular weight is 197 g/mol. The van der Waals surface area contributed by atoms with E-state index in [0.717, 1.165) is 32.5 Å². The molecule has 0 saturated carbocycles. The van der Waals surface area contributed by atoms with Gasteiger partial charge in [0.2, 0.25) is 0 Å². The number of aromatic nitrogens is 3. The molecule has 2 heterocycles. The average Bonchev–Trinajstić information content (AvgIpc) is 2.72. The number of hydrogen-bond donors (Lipinski definition) is 2. The van der Waals surface area contributed by atoms with Gasteiger partial charge in [0.15, 0.2) is 5.82 Å². The first-order valence-electron chi connectivity index (χ1n) is 4.97. The Labute approximate surface area is 82.5 Å². The molecule has 78 valence electrons. The maximum atomic E-state index is 9.79. The standard InChI is InChI=1S/C9H15N3O2/c13-8(9-10-6-11-12-9)5-7-1-3-14-4-2-7/h6-8,13H,1-5H2,(H,10,11,12). The number of ether oxygens (including phenoxy) is 1. The zero-order valence-corrected chi connectivity index (χ0v) is 8.02. The zero-order valence-electron chi connectivity index (χ0n) is 8.02. The highest BCUT2D eigenvalue weighted by molar-refractivity contribution is 4.87. The van der Waals surface area contributed by atoms with E-state index >= 15 is 0 Å². The van der Waals surface area contributed by atoms with E-state index in [0.29, 0.717) is 11.7 Å². The monoisotopic (exact) mass is 197 g/mol. The zero-order chi connectivity index (χ0) is 9.80. The quantitative estimate of drug-likeness (QED) is 0.746. The lowest BCUT2D eigenvalue weighted by Crippen LogP contribution is -2.18. The molecule has 0 radical (unpaired) electrons. The molecule has 5 nitrogen and oxygen atoms in total. The van der Waals surface area contributed by atoms with Crippen molar-refractivity contribution in [3.8, 4) is 0 Å². The third-order valence-electron chi connectivity index (χ3n) is 2.65. The van der Waals surface area contributed by atoms with Crippen LogP contribution in [0.25, 0.3) is 0 Å². The molecule has 0 aliphatic carbocycles. The molecule has 0 aromatic carbocycles. The van der Waals surface area contributed by atoms with Gasteiger partial charge < -0.3 is 9.84 Å². The van der Waals surface area contributed by atoms with Crippen molar-refractivity contribution in [3.63, 3.8) is 0 Å². The summed E-state index contributed by atoms with van der Waals surface area (Å²) in [6.07, 6.45) is 3.72. The van der Waals surface area contributed by atoms with E-state index in [-0.39, 0.29) is 0 Å². The summed E-state index contributed by atoms with van der Waals surface area (Å²) in [5, 5.41) is 16.2. The highest BCUT2D eigenvalue weighted by Gasteiger charge is 2.20. The second-order valence-electron chi connectivity index (χ2n) is 3.68. The smallest absolute Gasteiger partial charge is 0.153 e. The molecule has 2 rings (SSSR count). The molecule has 1 fully saturated rings. The molecule has 0 bridgehead atoms. The second kappa shape index (κ2) is 4.52. The Morgan fingerprint density at radius 2 is 2.36 bits per heavy atom. The molecule has 0 amide bonds. The fourth-order valence-electron chi connectivity index (χ4n) is 1.78. The third-order valence-corrected chi connectivity index (χ3v) is 2.65. The van der Waals surface area contributed by atoms with E-state index in [4.69, 9.17) is 4.74 Å². The van der Waals surface area contributed by atoms with E-state index in [1.165, 1.54) is 6.33 Å². The molecule has 1 saturated heterocycles. The number of rotatable bonds is 3. The van der Waals surface area contributed by atoms with Gasteiger partial charge in [-0.15, -0.1) is 0 Å². The van der Waals surface area contributed by atoms with Crippen LogP contribution in [0.15, 0.2) is 6.33 Å². The SMILES string of the molecule is OC(CC1CCOCC1)c1ncn[nH]1. The van der Waals surface area contributed by atoms with Crippen LogP contribution in [0.3, 0.4) is 0 Å². The van der Waals surface area contributed by atoms with Gasteiger partial charge in [0.05, 0.1) is 0 Å². The lowest BCUT2D eigenvalue weighted by molar-refractivity contribution is 0.0418. The predicted octanol–water partition coefficient (Wildman–Crippen LogP) is 0.655. The van der Waals surface area contributed by atoms with Crippen LogP contribution in [0.2, 0.25) is 0 Å². The van der Waals surface area contributed by atoms with Crippen molar-refractivity contribution in [1.29, 1.82) is 0 Å². The highest BCUT2D eigenvalue weighted by atomic mass is 16.5. The van der Waals surface area contributed by atoms with Gasteiger partial charge in [0.1, 0.15) is 12.4 Å². The van der Waals surface area contributed by atoms with Crippen molar-refractivity contribution in [1.82, 2.24) is 15.2 Å². The maximum absolute atomic E-state index is 9.79. The van der Waals surface area contributed by atoms with E-state index in [9.17, 15) is 5.11 Å². The summed E-state index contributed by atoms with van der Waals surface area (Å²) >= 11 is 0. The molecule has 1 atom stereocenters. The van der Waals surface area contributed by atoms with Crippen LogP contribution in [-0.4, -0.2) is 33.5 Å². The van der Waals surface area contributed by atoms with E-state index in [2.05, 4.69) is 15.2 Å². The van der Waals surface area contributed by atoms with Gasteiger partial charge in [0, 0.05) is 13.2 Å². The van der Waals surface area contributed by atoms with E-state index < -0.39 is 6.10 Å². The molecule has 1 aliphatic rings. The van der Waals surface area contributed by atoms with Crippen molar-refractivity contribution in [2.24, 2.45) is 5.92 Å². The van der Waals surface area contributed by atoms with Crippen LogP contribution in [0.1, 0.15) is 31.2 Å².